The zero-order chi connectivity index (χ0) is 11.4. The topological polar surface area (TPSA) is 69.6 Å². The van der Waals surface area contributed by atoms with Crippen molar-refractivity contribution in [3.8, 4) is 0 Å². The molecular weight excluding hydrogens is 196 g/mol. The first-order valence-corrected chi connectivity index (χ1v) is 5.28. The summed E-state index contributed by atoms with van der Waals surface area (Å²) < 4.78 is 0. The summed E-state index contributed by atoms with van der Waals surface area (Å²) in [5.41, 5.74) is 0. The zero-order valence-corrected chi connectivity index (χ0v) is 9.19. The molecule has 1 aliphatic rings. The van der Waals surface area contributed by atoms with Crippen LogP contribution < -0.4 is 5.32 Å². The number of rotatable bonds is 4. The Hall–Kier alpha value is -1.10. The van der Waals surface area contributed by atoms with E-state index in [2.05, 4.69) is 19.2 Å². The number of carbonyl (C=O) groups excluding carboxylic acids is 1. The fourth-order valence-electron chi connectivity index (χ4n) is 1.65. The van der Waals surface area contributed by atoms with Crippen LogP contribution in [-0.4, -0.2) is 47.6 Å². The number of hydrogen-bond acceptors (Lipinski definition) is 3. The lowest BCUT2D eigenvalue weighted by Gasteiger charge is -2.34. The van der Waals surface area contributed by atoms with E-state index in [4.69, 9.17) is 5.11 Å². The van der Waals surface area contributed by atoms with E-state index < -0.39 is 12.0 Å². The SMILES string of the molecule is CCC(C)CN1CC(=O)NCC1C(=O)O. The molecular formula is C10H18N2O3. The summed E-state index contributed by atoms with van der Waals surface area (Å²) in [6.07, 6.45) is 0.991. The minimum absolute atomic E-state index is 0.0872. The zero-order valence-electron chi connectivity index (χ0n) is 9.19. The van der Waals surface area contributed by atoms with Crippen molar-refractivity contribution in [3.63, 3.8) is 0 Å². The lowest BCUT2D eigenvalue weighted by atomic mass is 10.1. The fourth-order valence-corrected chi connectivity index (χ4v) is 1.65. The van der Waals surface area contributed by atoms with E-state index in [1.165, 1.54) is 0 Å². The number of carboxylic acids is 1. The first kappa shape index (κ1) is 12.0. The van der Waals surface area contributed by atoms with E-state index in [9.17, 15) is 9.59 Å². The number of carbonyl (C=O) groups is 2. The molecule has 0 radical (unpaired) electrons. The number of carboxylic acid groups (broad SMARTS) is 1. The van der Waals surface area contributed by atoms with E-state index in [1.54, 1.807) is 4.90 Å². The van der Waals surface area contributed by atoms with Crippen molar-refractivity contribution in [3.05, 3.63) is 0 Å². The highest BCUT2D eigenvalue weighted by Crippen LogP contribution is 2.10. The van der Waals surface area contributed by atoms with Gasteiger partial charge in [-0.15, -0.1) is 0 Å². The molecule has 0 aliphatic carbocycles. The highest BCUT2D eigenvalue weighted by molar-refractivity contribution is 5.83. The maximum atomic E-state index is 11.2. The van der Waals surface area contributed by atoms with Crippen LogP contribution in [0.3, 0.4) is 0 Å². The molecule has 2 atom stereocenters. The highest BCUT2D eigenvalue weighted by Gasteiger charge is 2.32. The first-order valence-electron chi connectivity index (χ1n) is 5.28. The Morgan fingerprint density at radius 1 is 1.73 bits per heavy atom. The number of nitrogens with one attached hydrogen (secondary N) is 1. The minimum Gasteiger partial charge on any atom is -0.480 e. The van der Waals surface area contributed by atoms with Gasteiger partial charge in [-0.2, -0.15) is 0 Å². The number of hydrogen-bond donors (Lipinski definition) is 2. The predicted molar refractivity (Wildman–Crippen MR) is 55.5 cm³/mol. The van der Waals surface area contributed by atoms with Crippen molar-refractivity contribution in [1.82, 2.24) is 10.2 Å². The van der Waals surface area contributed by atoms with Crippen LogP contribution >= 0.6 is 0 Å². The number of piperazine rings is 1. The maximum absolute atomic E-state index is 11.2. The van der Waals surface area contributed by atoms with Gasteiger partial charge < -0.3 is 10.4 Å². The quantitative estimate of drug-likeness (QED) is 0.686. The number of nitrogens with zero attached hydrogens (tertiary/aromatic N) is 1. The molecule has 1 aliphatic heterocycles. The molecule has 0 aromatic heterocycles. The largest absolute Gasteiger partial charge is 0.480 e. The van der Waals surface area contributed by atoms with E-state index in [-0.39, 0.29) is 19.0 Å². The second-order valence-corrected chi connectivity index (χ2v) is 4.10. The Morgan fingerprint density at radius 2 is 2.40 bits per heavy atom. The lowest BCUT2D eigenvalue weighted by molar-refractivity contribution is -0.146. The molecule has 15 heavy (non-hydrogen) atoms. The van der Waals surface area contributed by atoms with Gasteiger partial charge in [-0.3, -0.25) is 14.5 Å². The molecule has 0 saturated carbocycles. The smallest absolute Gasteiger partial charge is 0.322 e. The van der Waals surface area contributed by atoms with Crippen molar-refractivity contribution in [2.24, 2.45) is 5.92 Å². The Kier molecular flexibility index (Phi) is 4.08. The monoisotopic (exact) mass is 214 g/mol. The summed E-state index contributed by atoms with van der Waals surface area (Å²) in [7, 11) is 0. The van der Waals surface area contributed by atoms with E-state index >= 15 is 0 Å². The summed E-state index contributed by atoms with van der Waals surface area (Å²) >= 11 is 0. The number of aliphatic carboxylic acids is 1. The second-order valence-electron chi connectivity index (χ2n) is 4.10. The average Bonchev–Trinajstić information content (AvgIpc) is 2.17. The first-order chi connectivity index (χ1) is 7.04. The average molecular weight is 214 g/mol. The minimum atomic E-state index is -0.863. The van der Waals surface area contributed by atoms with E-state index in [0.29, 0.717) is 12.5 Å². The van der Waals surface area contributed by atoms with E-state index in [0.717, 1.165) is 6.42 Å². The van der Waals surface area contributed by atoms with Crippen LogP contribution in [0.25, 0.3) is 0 Å². The van der Waals surface area contributed by atoms with E-state index in [1.807, 2.05) is 0 Å². The van der Waals surface area contributed by atoms with Gasteiger partial charge in [0.05, 0.1) is 6.54 Å². The van der Waals surface area contributed by atoms with Gasteiger partial charge in [0, 0.05) is 13.1 Å². The van der Waals surface area contributed by atoms with Crippen LogP contribution in [-0.2, 0) is 9.59 Å². The standard InChI is InChI=1S/C10H18N2O3/c1-3-7(2)5-12-6-9(13)11-4-8(12)10(14)15/h7-8H,3-6H2,1-2H3,(H,11,13)(H,14,15). The van der Waals surface area contributed by atoms with Gasteiger partial charge in [0.15, 0.2) is 0 Å². The van der Waals surface area contributed by atoms with Crippen molar-refractivity contribution >= 4 is 11.9 Å². The van der Waals surface area contributed by atoms with Gasteiger partial charge >= 0.3 is 5.97 Å². The highest BCUT2D eigenvalue weighted by atomic mass is 16.4. The molecule has 1 saturated heterocycles. The predicted octanol–water partition coefficient (Wildman–Crippen LogP) is -0.0825. The van der Waals surface area contributed by atoms with Gasteiger partial charge in [0.2, 0.25) is 5.91 Å². The van der Waals surface area contributed by atoms with Gasteiger partial charge in [0.1, 0.15) is 6.04 Å². The third-order valence-electron chi connectivity index (χ3n) is 2.81. The third kappa shape index (κ3) is 3.20. The van der Waals surface area contributed by atoms with Crippen LogP contribution in [0.2, 0.25) is 0 Å². The molecule has 2 N–H and O–H groups in total. The summed E-state index contributed by atoms with van der Waals surface area (Å²) in [5.74, 6) is -0.535. The fraction of sp³-hybridized carbons (Fsp3) is 0.800. The molecule has 2 unspecified atom stereocenters. The van der Waals surface area contributed by atoms with Crippen LogP contribution in [0, 0.1) is 5.92 Å². The molecule has 1 amide bonds. The molecule has 0 aromatic carbocycles. The van der Waals surface area contributed by atoms with Gasteiger partial charge in [-0.05, 0) is 5.92 Å². The molecule has 0 spiro atoms. The number of amides is 1. The molecule has 0 bridgehead atoms. The Balaban J connectivity index is 2.61. The van der Waals surface area contributed by atoms with Crippen LogP contribution in [0.1, 0.15) is 20.3 Å². The maximum Gasteiger partial charge on any atom is 0.322 e. The van der Waals surface area contributed by atoms with Crippen molar-refractivity contribution < 1.29 is 14.7 Å². The van der Waals surface area contributed by atoms with Crippen molar-refractivity contribution in [2.75, 3.05) is 19.6 Å². The van der Waals surface area contributed by atoms with Gasteiger partial charge in [0.25, 0.3) is 0 Å². The molecule has 0 aromatic rings. The van der Waals surface area contributed by atoms with Crippen molar-refractivity contribution in [2.45, 2.75) is 26.3 Å². The van der Waals surface area contributed by atoms with Crippen LogP contribution in [0.5, 0.6) is 0 Å². The summed E-state index contributed by atoms with van der Waals surface area (Å²) in [6, 6.07) is -0.573. The Labute approximate surface area is 89.4 Å². The normalized spacial score (nSPS) is 24.7. The van der Waals surface area contributed by atoms with Crippen molar-refractivity contribution in [1.29, 1.82) is 0 Å². The lowest BCUT2D eigenvalue weighted by Crippen LogP contribution is -2.58. The van der Waals surface area contributed by atoms with Gasteiger partial charge in [-0.1, -0.05) is 20.3 Å². The Bertz CT molecular complexity index is 255. The molecule has 1 heterocycles. The molecule has 86 valence electrons. The summed E-state index contributed by atoms with van der Waals surface area (Å²) in [6.45, 7) is 5.20. The molecule has 1 fully saturated rings. The second kappa shape index (κ2) is 5.11. The van der Waals surface area contributed by atoms with Crippen LogP contribution in [0.15, 0.2) is 0 Å². The summed E-state index contributed by atoms with van der Waals surface area (Å²) in [5, 5.41) is 11.6. The summed E-state index contributed by atoms with van der Waals surface area (Å²) in [4.78, 5) is 23.9. The molecule has 1 rings (SSSR count). The third-order valence-corrected chi connectivity index (χ3v) is 2.81. The molecule has 5 heteroatoms. The van der Waals surface area contributed by atoms with Gasteiger partial charge in [-0.25, -0.2) is 0 Å². The Morgan fingerprint density at radius 3 is 2.93 bits per heavy atom. The molecule has 5 nitrogen and oxygen atoms in total. The van der Waals surface area contributed by atoms with Crippen LogP contribution in [0.4, 0.5) is 0 Å².